The number of carbonyl (C=O) groups excluding carboxylic acids is 1. The molecule has 4 heteroatoms. The Bertz CT molecular complexity index is 999. The Balaban J connectivity index is 1.26. The van der Waals surface area contributed by atoms with Crippen LogP contribution in [0.2, 0.25) is 0 Å². The average Bonchev–Trinajstić information content (AvgIpc) is 3.22. The minimum atomic E-state index is -0.0242. The van der Waals surface area contributed by atoms with Crippen molar-refractivity contribution >= 4 is 16.8 Å². The van der Waals surface area contributed by atoms with Gasteiger partial charge in [0.1, 0.15) is 0 Å². The second kappa shape index (κ2) is 6.78. The first-order valence-corrected chi connectivity index (χ1v) is 10.3. The molecule has 2 aliphatic heterocycles. The third-order valence-corrected chi connectivity index (χ3v) is 6.77. The number of nitrogens with zero attached hydrogens (tertiary/aromatic N) is 1. The lowest BCUT2D eigenvalue weighted by atomic mass is 9.82. The Kier molecular flexibility index (Phi) is 4.24. The molecule has 1 amide bonds. The number of amides is 1. The zero-order valence-corrected chi connectivity index (χ0v) is 16.4. The molecule has 1 aromatic heterocycles. The molecule has 144 valence electrons. The van der Waals surface area contributed by atoms with E-state index in [-0.39, 0.29) is 17.4 Å². The molecular formula is C24H27N3O. The number of aryl methyl sites for hydroxylation is 1. The van der Waals surface area contributed by atoms with Gasteiger partial charge < -0.3 is 10.3 Å². The fraction of sp³-hybridized carbons (Fsp3) is 0.375. The van der Waals surface area contributed by atoms with Gasteiger partial charge >= 0.3 is 0 Å². The summed E-state index contributed by atoms with van der Waals surface area (Å²) in [4.78, 5) is 18.8. The standard InChI is InChI=1S/C24H27N3O/c1-17-19-9-5-6-10-21(19)25-22(17)16-27-13-11-24(12-14-27)15-20(23(28)26-24)18-7-3-2-4-8-18/h2-10,20,25H,11-16H2,1H3,(H,26,28). The predicted octanol–water partition coefficient (Wildman–Crippen LogP) is 4.11. The number of aromatic amines is 1. The molecule has 1 spiro atoms. The molecule has 4 nitrogen and oxygen atoms in total. The molecule has 2 N–H and O–H groups in total. The van der Waals surface area contributed by atoms with Gasteiger partial charge in [-0.1, -0.05) is 48.5 Å². The van der Waals surface area contributed by atoms with E-state index in [4.69, 9.17) is 0 Å². The maximum atomic E-state index is 12.6. The number of carbonyl (C=O) groups is 1. The number of H-pyrrole nitrogens is 1. The Morgan fingerprint density at radius 2 is 1.75 bits per heavy atom. The highest BCUT2D eigenvalue weighted by Crippen LogP contribution is 2.39. The van der Waals surface area contributed by atoms with Crippen LogP contribution in [0.15, 0.2) is 54.6 Å². The van der Waals surface area contributed by atoms with E-state index in [1.165, 1.54) is 22.2 Å². The molecule has 1 unspecified atom stereocenters. The van der Waals surface area contributed by atoms with Crippen molar-refractivity contribution in [2.24, 2.45) is 0 Å². The van der Waals surface area contributed by atoms with E-state index in [0.717, 1.165) is 44.5 Å². The monoisotopic (exact) mass is 373 g/mol. The molecule has 0 aliphatic carbocycles. The first kappa shape index (κ1) is 17.5. The zero-order chi connectivity index (χ0) is 19.1. The summed E-state index contributed by atoms with van der Waals surface area (Å²) in [5.41, 5.74) is 5.01. The number of fused-ring (bicyclic) bond motifs is 1. The summed E-state index contributed by atoms with van der Waals surface area (Å²) in [6.45, 7) is 5.21. The van der Waals surface area contributed by atoms with E-state index in [0.29, 0.717) is 0 Å². The van der Waals surface area contributed by atoms with Gasteiger partial charge in [-0.25, -0.2) is 0 Å². The van der Waals surface area contributed by atoms with Gasteiger partial charge in [-0.3, -0.25) is 9.69 Å². The lowest BCUT2D eigenvalue weighted by molar-refractivity contribution is -0.121. The number of likely N-dealkylation sites (tertiary alicyclic amines) is 1. The highest BCUT2D eigenvalue weighted by atomic mass is 16.2. The van der Waals surface area contributed by atoms with E-state index in [2.05, 4.69) is 58.5 Å². The van der Waals surface area contributed by atoms with Gasteiger partial charge in [-0.05, 0) is 43.4 Å². The number of hydrogen-bond acceptors (Lipinski definition) is 2. The summed E-state index contributed by atoms with van der Waals surface area (Å²) in [5, 5.41) is 4.68. The number of para-hydroxylation sites is 1. The molecule has 2 fully saturated rings. The number of piperidine rings is 1. The van der Waals surface area contributed by atoms with Gasteiger partial charge in [-0.2, -0.15) is 0 Å². The minimum Gasteiger partial charge on any atom is -0.357 e. The summed E-state index contributed by atoms with van der Waals surface area (Å²) in [7, 11) is 0. The van der Waals surface area contributed by atoms with Crippen LogP contribution in [-0.2, 0) is 11.3 Å². The molecule has 3 heterocycles. The molecule has 2 aliphatic rings. The summed E-state index contributed by atoms with van der Waals surface area (Å²) in [5.74, 6) is 0.204. The third kappa shape index (κ3) is 3.02. The van der Waals surface area contributed by atoms with E-state index in [9.17, 15) is 4.79 Å². The van der Waals surface area contributed by atoms with Gasteiger partial charge in [0.05, 0.1) is 5.92 Å². The third-order valence-electron chi connectivity index (χ3n) is 6.77. The van der Waals surface area contributed by atoms with Crippen LogP contribution in [0, 0.1) is 6.92 Å². The largest absolute Gasteiger partial charge is 0.357 e. The molecule has 28 heavy (non-hydrogen) atoms. The molecule has 5 rings (SSSR count). The molecule has 0 saturated carbocycles. The van der Waals surface area contributed by atoms with Crippen molar-refractivity contribution in [2.75, 3.05) is 13.1 Å². The molecule has 2 saturated heterocycles. The van der Waals surface area contributed by atoms with Crippen molar-refractivity contribution in [1.29, 1.82) is 0 Å². The summed E-state index contributed by atoms with van der Waals surface area (Å²) < 4.78 is 0. The van der Waals surface area contributed by atoms with Crippen molar-refractivity contribution < 1.29 is 4.79 Å². The first-order chi connectivity index (χ1) is 13.6. The lowest BCUT2D eigenvalue weighted by Gasteiger charge is -2.39. The van der Waals surface area contributed by atoms with Gasteiger partial charge in [0.15, 0.2) is 0 Å². The fourth-order valence-corrected chi connectivity index (χ4v) is 5.03. The maximum absolute atomic E-state index is 12.6. The van der Waals surface area contributed by atoms with Gasteiger partial charge in [0.2, 0.25) is 5.91 Å². The van der Waals surface area contributed by atoms with Crippen LogP contribution < -0.4 is 5.32 Å². The van der Waals surface area contributed by atoms with Crippen molar-refractivity contribution in [2.45, 2.75) is 44.2 Å². The molecular weight excluding hydrogens is 346 g/mol. The first-order valence-electron chi connectivity index (χ1n) is 10.3. The quantitative estimate of drug-likeness (QED) is 0.726. The van der Waals surface area contributed by atoms with Crippen LogP contribution in [-0.4, -0.2) is 34.4 Å². The van der Waals surface area contributed by atoms with E-state index < -0.39 is 0 Å². The van der Waals surface area contributed by atoms with Crippen LogP contribution in [0.25, 0.3) is 10.9 Å². The molecule has 0 bridgehead atoms. The number of hydrogen-bond donors (Lipinski definition) is 2. The summed E-state index contributed by atoms with van der Waals surface area (Å²) in [6.07, 6.45) is 2.98. The summed E-state index contributed by atoms with van der Waals surface area (Å²) in [6, 6.07) is 18.7. The number of aromatic nitrogens is 1. The van der Waals surface area contributed by atoms with Crippen LogP contribution >= 0.6 is 0 Å². The molecule has 1 atom stereocenters. The predicted molar refractivity (Wildman–Crippen MR) is 112 cm³/mol. The van der Waals surface area contributed by atoms with Gasteiger partial charge in [-0.15, -0.1) is 0 Å². The highest BCUT2D eigenvalue weighted by Gasteiger charge is 2.46. The van der Waals surface area contributed by atoms with Crippen molar-refractivity contribution in [3.63, 3.8) is 0 Å². The van der Waals surface area contributed by atoms with E-state index >= 15 is 0 Å². The topological polar surface area (TPSA) is 48.1 Å². The smallest absolute Gasteiger partial charge is 0.228 e. The Labute approximate surface area is 165 Å². The van der Waals surface area contributed by atoms with E-state index in [1.807, 2.05) is 18.2 Å². The van der Waals surface area contributed by atoms with Crippen molar-refractivity contribution in [3.05, 3.63) is 71.4 Å². The second-order valence-corrected chi connectivity index (χ2v) is 8.49. The molecule has 0 radical (unpaired) electrons. The van der Waals surface area contributed by atoms with Crippen molar-refractivity contribution in [1.82, 2.24) is 15.2 Å². The second-order valence-electron chi connectivity index (χ2n) is 8.49. The Hall–Kier alpha value is -2.59. The van der Waals surface area contributed by atoms with Crippen LogP contribution in [0.1, 0.15) is 42.0 Å². The number of rotatable bonds is 3. The SMILES string of the molecule is Cc1c(CN2CCC3(CC2)CC(c2ccccc2)C(=O)N3)[nH]c2ccccc12. The lowest BCUT2D eigenvalue weighted by Crippen LogP contribution is -2.50. The zero-order valence-electron chi connectivity index (χ0n) is 16.4. The van der Waals surface area contributed by atoms with Crippen LogP contribution in [0.4, 0.5) is 0 Å². The van der Waals surface area contributed by atoms with Crippen LogP contribution in [0.5, 0.6) is 0 Å². The van der Waals surface area contributed by atoms with E-state index in [1.54, 1.807) is 0 Å². The highest BCUT2D eigenvalue weighted by molar-refractivity contribution is 5.87. The fourth-order valence-electron chi connectivity index (χ4n) is 5.03. The van der Waals surface area contributed by atoms with Crippen molar-refractivity contribution in [3.8, 4) is 0 Å². The summed E-state index contributed by atoms with van der Waals surface area (Å²) >= 11 is 0. The number of nitrogens with one attached hydrogen (secondary N) is 2. The molecule has 3 aromatic rings. The Morgan fingerprint density at radius 1 is 1.04 bits per heavy atom. The van der Waals surface area contributed by atoms with Gasteiger partial charge in [0.25, 0.3) is 0 Å². The molecule has 2 aromatic carbocycles. The number of benzene rings is 2. The minimum absolute atomic E-state index is 0.00343. The normalized spacial score (nSPS) is 22.0. The Morgan fingerprint density at radius 3 is 2.50 bits per heavy atom. The maximum Gasteiger partial charge on any atom is 0.228 e. The average molecular weight is 374 g/mol. The van der Waals surface area contributed by atoms with Crippen LogP contribution in [0.3, 0.4) is 0 Å². The van der Waals surface area contributed by atoms with Gasteiger partial charge in [0, 0.05) is 41.8 Å².